The molecule has 0 radical (unpaired) electrons. The number of rotatable bonds is 2. The highest BCUT2D eigenvalue weighted by Crippen LogP contribution is 2.28. The molecule has 1 fully saturated rings. The van der Waals surface area contributed by atoms with Gasteiger partial charge in [0.15, 0.2) is 0 Å². The van der Waals surface area contributed by atoms with E-state index in [0.717, 1.165) is 44.8 Å². The summed E-state index contributed by atoms with van der Waals surface area (Å²) in [5.74, 6) is 1.13. The zero-order valence-corrected chi connectivity index (χ0v) is 11.3. The van der Waals surface area contributed by atoms with Gasteiger partial charge < -0.3 is 4.90 Å². The van der Waals surface area contributed by atoms with Crippen molar-refractivity contribution in [3.63, 3.8) is 0 Å². The van der Waals surface area contributed by atoms with Crippen LogP contribution in [0.25, 0.3) is 0 Å². The van der Waals surface area contributed by atoms with Crippen molar-refractivity contribution in [1.29, 1.82) is 5.26 Å². The van der Waals surface area contributed by atoms with Crippen LogP contribution >= 0.6 is 0 Å². The fourth-order valence-corrected chi connectivity index (χ4v) is 3.02. The number of piperazine rings is 1. The molecule has 19 heavy (non-hydrogen) atoms. The molecule has 100 valence electrons. The zero-order valence-electron chi connectivity index (χ0n) is 11.3. The van der Waals surface area contributed by atoms with Gasteiger partial charge in [0.25, 0.3) is 0 Å². The second-order valence-electron chi connectivity index (χ2n) is 5.30. The number of hydrogen-bond acceptors (Lipinski definition) is 5. The second kappa shape index (κ2) is 5.14. The highest BCUT2D eigenvalue weighted by atomic mass is 15.3. The maximum atomic E-state index is 8.97. The second-order valence-corrected chi connectivity index (χ2v) is 5.30. The first-order chi connectivity index (χ1) is 9.29. The first-order valence-corrected chi connectivity index (χ1v) is 7.01. The molecule has 1 aliphatic heterocycles. The van der Waals surface area contributed by atoms with Crippen molar-refractivity contribution < 1.29 is 0 Å². The fourth-order valence-electron chi connectivity index (χ4n) is 3.02. The molecule has 1 aromatic heterocycles. The Morgan fingerprint density at radius 1 is 1.21 bits per heavy atom. The normalized spacial score (nSPS) is 20.9. The predicted molar refractivity (Wildman–Crippen MR) is 72.9 cm³/mol. The van der Waals surface area contributed by atoms with Gasteiger partial charge in [-0.15, -0.1) is 0 Å². The van der Waals surface area contributed by atoms with E-state index in [4.69, 9.17) is 5.26 Å². The highest BCUT2D eigenvalue weighted by Gasteiger charge is 2.25. The summed E-state index contributed by atoms with van der Waals surface area (Å²) in [5, 5.41) is 8.97. The molecular weight excluding hydrogens is 238 g/mol. The molecule has 0 N–H and O–H groups in total. The van der Waals surface area contributed by atoms with E-state index in [1.54, 1.807) is 6.33 Å². The lowest BCUT2D eigenvalue weighted by molar-refractivity contribution is 0.231. The Hall–Kier alpha value is -1.67. The van der Waals surface area contributed by atoms with Gasteiger partial charge in [0.1, 0.15) is 12.1 Å². The lowest BCUT2D eigenvalue weighted by Gasteiger charge is -2.37. The van der Waals surface area contributed by atoms with E-state index in [1.165, 1.54) is 17.7 Å². The van der Waals surface area contributed by atoms with Gasteiger partial charge in [-0.1, -0.05) is 0 Å². The van der Waals surface area contributed by atoms with Gasteiger partial charge in [-0.3, -0.25) is 4.90 Å². The van der Waals surface area contributed by atoms with E-state index in [-0.39, 0.29) is 6.04 Å². The first kappa shape index (κ1) is 12.4. The molecule has 1 atom stereocenters. The fraction of sp³-hybridized carbons (Fsp3) is 0.643. The lowest BCUT2D eigenvalue weighted by Crippen LogP contribution is -2.49. The van der Waals surface area contributed by atoms with Gasteiger partial charge in [0.2, 0.25) is 0 Å². The smallest absolute Gasteiger partial charge is 0.135 e. The molecule has 2 heterocycles. The number of hydrogen-bond donors (Lipinski definition) is 0. The van der Waals surface area contributed by atoms with Crippen LogP contribution in [0.1, 0.15) is 24.6 Å². The van der Waals surface area contributed by atoms with Crippen molar-refractivity contribution in [3.8, 4) is 6.07 Å². The summed E-state index contributed by atoms with van der Waals surface area (Å²) in [4.78, 5) is 13.5. The molecule has 0 spiro atoms. The molecule has 1 saturated heterocycles. The average Bonchev–Trinajstić information content (AvgIpc) is 2.95. The monoisotopic (exact) mass is 257 g/mol. The number of fused-ring (bicyclic) bond motifs is 1. The van der Waals surface area contributed by atoms with Crippen molar-refractivity contribution in [1.82, 2.24) is 14.9 Å². The molecular formula is C14H19N5. The van der Waals surface area contributed by atoms with Crippen LogP contribution < -0.4 is 4.90 Å². The molecule has 5 heteroatoms. The van der Waals surface area contributed by atoms with Crippen LogP contribution in [0.2, 0.25) is 0 Å². The van der Waals surface area contributed by atoms with E-state index in [2.05, 4.69) is 25.8 Å². The summed E-state index contributed by atoms with van der Waals surface area (Å²) in [6.07, 6.45) is 5.10. The van der Waals surface area contributed by atoms with Gasteiger partial charge in [-0.25, -0.2) is 9.97 Å². The van der Waals surface area contributed by atoms with Crippen LogP contribution in [0.3, 0.4) is 0 Å². The minimum atomic E-state index is 0.0123. The molecule has 0 saturated carbocycles. The standard InChI is InChI=1S/C14H19N5/c1-11(9-15)18-5-7-19(8-6-18)14-12-3-2-4-13(12)16-10-17-14/h10-11H,2-8H2,1H3. The Bertz CT molecular complexity index is 499. The van der Waals surface area contributed by atoms with Gasteiger partial charge in [-0.2, -0.15) is 5.26 Å². The molecule has 2 aliphatic rings. The summed E-state index contributed by atoms with van der Waals surface area (Å²) in [6, 6.07) is 2.32. The maximum Gasteiger partial charge on any atom is 0.135 e. The Morgan fingerprint density at radius 3 is 2.74 bits per heavy atom. The van der Waals surface area contributed by atoms with Crippen LogP contribution in [0.4, 0.5) is 5.82 Å². The predicted octanol–water partition coefficient (Wildman–Crippen LogP) is 0.999. The first-order valence-electron chi connectivity index (χ1n) is 7.01. The third kappa shape index (κ3) is 2.28. The SMILES string of the molecule is CC(C#N)N1CCN(c2ncnc3c2CCC3)CC1. The van der Waals surface area contributed by atoms with Crippen LogP contribution in [-0.4, -0.2) is 47.1 Å². The molecule has 0 bridgehead atoms. The Labute approximate surface area is 113 Å². The molecule has 3 rings (SSSR count). The van der Waals surface area contributed by atoms with E-state index in [9.17, 15) is 0 Å². The Morgan fingerprint density at radius 2 is 2.00 bits per heavy atom. The summed E-state index contributed by atoms with van der Waals surface area (Å²) in [7, 11) is 0. The van der Waals surface area contributed by atoms with E-state index in [0.29, 0.717) is 0 Å². The van der Waals surface area contributed by atoms with Crippen LogP contribution in [-0.2, 0) is 12.8 Å². The topological polar surface area (TPSA) is 56.1 Å². The van der Waals surface area contributed by atoms with E-state index in [1.807, 2.05) is 6.92 Å². The van der Waals surface area contributed by atoms with Crippen molar-refractivity contribution >= 4 is 5.82 Å². The van der Waals surface area contributed by atoms with Crippen molar-refractivity contribution in [2.75, 3.05) is 31.1 Å². The van der Waals surface area contributed by atoms with Crippen molar-refractivity contribution in [2.45, 2.75) is 32.2 Å². The molecule has 1 unspecified atom stereocenters. The number of aryl methyl sites for hydroxylation is 1. The van der Waals surface area contributed by atoms with Crippen molar-refractivity contribution in [2.24, 2.45) is 0 Å². The third-order valence-corrected chi connectivity index (χ3v) is 4.20. The maximum absolute atomic E-state index is 8.97. The van der Waals surface area contributed by atoms with Crippen LogP contribution in [0.15, 0.2) is 6.33 Å². The molecule has 0 amide bonds. The highest BCUT2D eigenvalue weighted by molar-refractivity contribution is 5.50. The number of aromatic nitrogens is 2. The van der Waals surface area contributed by atoms with Gasteiger partial charge in [0, 0.05) is 37.4 Å². The molecule has 1 aromatic rings. The Kier molecular flexibility index (Phi) is 3.34. The summed E-state index contributed by atoms with van der Waals surface area (Å²) < 4.78 is 0. The number of anilines is 1. The summed E-state index contributed by atoms with van der Waals surface area (Å²) in [6.45, 7) is 5.75. The molecule has 5 nitrogen and oxygen atoms in total. The van der Waals surface area contributed by atoms with Gasteiger partial charge >= 0.3 is 0 Å². The quantitative estimate of drug-likeness (QED) is 0.791. The Balaban J connectivity index is 1.73. The summed E-state index contributed by atoms with van der Waals surface area (Å²) in [5.41, 5.74) is 2.59. The average molecular weight is 257 g/mol. The lowest BCUT2D eigenvalue weighted by atomic mass is 10.2. The minimum absolute atomic E-state index is 0.0123. The molecule has 1 aliphatic carbocycles. The van der Waals surface area contributed by atoms with Crippen molar-refractivity contribution in [3.05, 3.63) is 17.6 Å². The zero-order chi connectivity index (χ0) is 13.2. The van der Waals surface area contributed by atoms with Crippen LogP contribution in [0, 0.1) is 11.3 Å². The third-order valence-electron chi connectivity index (χ3n) is 4.20. The van der Waals surface area contributed by atoms with E-state index >= 15 is 0 Å². The van der Waals surface area contributed by atoms with Gasteiger partial charge in [0.05, 0.1) is 12.1 Å². The minimum Gasteiger partial charge on any atom is -0.354 e. The van der Waals surface area contributed by atoms with Crippen LogP contribution in [0.5, 0.6) is 0 Å². The van der Waals surface area contributed by atoms with E-state index < -0.39 is 0 Å². The molecule has 0 aromatic carbocycles. The number of nitriles is 1. The van der Waals surface area contributed by atoms with Gasteiger partial charge in [-0.05, 0) is 26.2 Å². The summed E-state index contributed by atoms with van der Waals surface area (Å²) >= 11 is 0. The largest absolute Gasteiger partial charge is 0.354 e. The number of nitrogens with zero attached hydrogens (tertiary/aromatic N) is 5.